The molecule has 30 heavy (non-hydrogen) atoms. The molecule has 2 saturated heterocycles. The summed E-state index contributed by atoms with van der Waals surface area (Å²) in [7, 11) is 0. The molecule has 8 nitrogen and oxygen atoms in total. The highest BCUT2D eigenvalue weighted by atomic mass is 32.1. The van der Waals surface area contributed by atoms with E-state index in [1.165, 1.54) is 0 Å². The van der Waals surface area contributed by atoms with Gasteiger partial charge in [0, 0.05) is 57.9 Å². The number of piperidine rings is 1. The molecule has 0 saturated carbocycles. The number of carbonyl (C=O) groups is 1. The van der Waals surface area contributed by atoms with E-state index in [-0.39, 0.29) is 11.8 Å². The number of anilines is 2. The van der Waals surface area contributed by atoms with Crippen LogP contribution >= 0.6 is 11.3 Å². The summed E-state index contributed by atoms with van der Waals surface area (Å²) in [6.07, 6.45) is 7.70. The van der Waals surface area contributed by atoms with Gasteiger partial charge in [0.05, 0.1) is 5.92 Å². The van der Waals surface area contributed by atoms with Gasteiger partial charge in [-0.2, -0.15) is 0 Å². The van der Waals surface area contributed by atoms with Crippen LogP contribution < -0.4 is 9.80 Å². The lowest BCUT2D eigenvalue weighted by Crippen LogP contribution is -2.52. The Morgan fingerprint density at radius 3 is 2.50 bits per heavy atom. The second-order valence-electron chi connectivity index (χ2n) is 7.74. The largest absolute Gasteiger partial charge is 0.353 e. The first-order chi connectivity index (χ1) is 14.8. The number of amides is 1. The molecule has 0 bridgehead atoms. The first kappa shape index (κ1) is 19.0. The number of aromatic nitrogens is 4. The molecule has 3 aromatic heterocycles. The van der Waals surface area contributed by atoms with Gasteiger partial charge in [-0.3, -0.25) is 9.36 Å². The molecule has 2 aliphatic heterocycles. The predicted molar refractivity (Wildman–Crippen MR) is 117 cm³/mol. The van der Waals surface area contributed by atoms with E-state index in [0.717, 1.165) is 68.2 Å². The summed E-state index contributed by atoms with van der Waals surface area (Å²) >= 11 is 1.57. The molecule has 0 spiro atoms. The maximum absolute atomic E-state index is 13.2. The zero-order chi connectivity index (χ0) is 20.3. The van der Waals surface area contributed by atoms with Crippen molar-refractivity contribution in [2.75, 3.05) is 49.1 Å². The van der Waals surface area contributed by atoms with Crippen LogP contribution in [0.3, 0.4) is 0 Å². The Labute approximate surface area is 179 Å². The Morgan fingerprint density at radius 1 is 0.933 bits per heavy atom. The van der Waals surface area contributed by atoms with Crippen LogP contribution in [-0.4, -0.2) is 69.8 Å². The van der Waals surface area contributed by atoms with E-state index in [1.807, 2.05) is 58.4 Å². The molecule has 0 N–H and O–H groups in total. The quantitative estimate of drug-likeness (QED) is 0.641. The summed E-state index contributed by atoms with van der Waals surface area (Å²) in [6.45, 7) is 4.81. The third kappa shape index (κ3) is 3.89. The molecule has 9 heteroatoms. The van der Waals surface area contributed by atoms with Crippen molar-refractivity contribution in [2.45, 2.75) is 12.8 Å². The summed E-state index contributed by atoms with van der Waals surface area (Å²) in [5.41, 5.74) is 0. The number of pyridine rings is 1. The molecule has 0 unspecified atom stereocenters. The van der Waals surface area contributed by atoms with Crippen molar-refractivity contribution in [1.82, 2.24) is 24.6 Å². The van der Waals surface area contributed by atoms with Gasteiger partial charge in [-0.05, 0) is 37.1 Å². The third-order valence-corrected chi connectivity index (χ3v) is 6.83. The highest BCUT2D eigenvalue weighted by Crippen LogP contribution is 2.29. The fourth-order valence-electron chi connectivity index (χ4n) is 4.21. The van der Waals surface area contributed by atoms with Crippen molar-refractivity contribution >= 4 is 28.2 Å². The summed E-state index contributed by atoms with van der Waals surface area (Å²) in [5.74, 6) is 1.29. The molecule has 3 aromatic rings. The molecule has 5 rings (SSSR count). The number of rotatable bonds is 4. The van der Waals surface area contributed by atoms with Gasteiger partial charge in [0.2, 0.25) is 16.2 Å². The van der Waals surface area contributed by atoms with Crippen LogP contribution in [-0.2, 0) is 4.79 Å². The third-order valence-electron chi connectivity index (χ3n) is 5.83. The highest BCUT2D eigenvalue weighted by Gasteiger charge is 2.32. The summed E-state index contributed by atoms with van der Waals surface area (Å²) in [4.78, 5) is 24.1. The minimum atomic E-state index is 0.0269. The van der Waals surface area contributed by atoms with Gasteiger partial charge in [0.15, 0.2) is 0 Å². The van der Waals surface area contributed by atoms with Crippen LogP contribution in [0.5, 0.6) is 0 Å². The normalized spacial score (nSPS) is 19.9. The Morgan fingerprint density at radius 2 is 1.73 bits per heavy atom. The Hall–Kier alpha value is -2.94. The average Bonchev–Trinajstić information content (AvgIpc) is 3.52. The molecular formula is C21H25N7OS. The Balaban J connectivity index is 1.20. The molecule has 0 radical (unpaired) electrons. The maximum atomic E-state index is 13.2. The fraction of sp³-hybridized carbons (Fsp3) is 0.429. The molecule has 2 aliphatic rings. The second kappa shape index (κ2) is 8.43. The fourth-order valence-corrected chi connectivity index (χ4v) is 5.06. The van der Waals surface area contributed by atoms with Crippen LogP contribution in [0, 0.1) is 5.92 Å². The number of hydrogen-bond acceptors (Lipinski definition) is 7. The zero-order valence-corrected chi connectivity index (χ0v) is 17.6. The number of nitrogens with zero attached hydrogens (tertiary/aromatic N) is 7. The molecule has 156 valence electrons. The Bertz CT molecular complexity index is 966. The molecule has 0 aromatic carbocycles. The first-order valence-corrected chi connectivity index (χ1v) is 11.3. The van der Waals surface area contributed by atoms with Gasteiger partial charge >= 0.3 is 0 Å². The van der Waals surface area contributed by atoms with Crippen LogP contribution in [0.2, 0.25) is 0 Å². The van der Waals surface area contributed by atoms with E-state index < -0.39 is 0 Å². The number of hydrogen-bond donors (Lipinski definition) is 0. The Kier molecular flexibility index (Phi) is 5.35. The minimum absolute atomic E-state index is 0.0269. The van der Waals surface area contributed by atoms with E-state index in [9.17, 15) is 4.79 Å². The van der Waals surface area contributed by atoms with Crippen LogP contribution in [0.15, 0.2) is 48.9 Å². The highest BCUT2D eigenvalue weighted by molar-refractivity contribution is 7.17. The lowest BCUT2D eigenvalue weighted by Gasteiger charge is -2.39. The molecule has 1 amide bonds. The average molecular weight is 424 g/mol. The molecule has 0 aliphatic carbocycles. The number of piperazine rings is 1. The standard InChI is InChI=1S/C21H25N7OS/c29-19(26-14-12-25(13-15-26)18-7-1-2-8-22-18)17-6-5-11-28(16-17)21-24-23-20(30-21)27-9-3-4-10-27/h1-4,7-10,17H,5-6,11-16H2/t17-/m1/s1. The van der Waals surface area contributed by atoms with Gasteiger partial charge in [-0.25, -0.2) is 4.98 Å². The van der Waals surface area contributed by atoms with Crippen molar-refractivity contribution in [3.05, 3.63) is 48.9 Å². The van der Waals surface area contributed by atoms with Crippen LogP contribution in [0.4, 0.5) is 10.9 Å². The number of carbonyl (C=O) groups excluding carboxylic acids is 1. The van der Waals surface area contributed by atoms with E-state index in [1.54, 1.807) is 11.3 Å². The van der Waals surface area contributed by atoms with E-state index in [2.05, 4.69) is 25.0 Å². The topological polar surface area (TPSA) is 70.4 Å². The van der Waals surface area contributed by atoms with Gasteiger partial charge < -0.3 is 14.7 Å². The van der Waals surface area contributed by atoms with Gasteiger partial charge in [-0.15, -0.1) is 10.2 Å². The van der Waals surface area contributed by atoms with Gasteiger partial charge in [-0.1, -0.05) is 17.4 Å². The lowest BCUT2D eigenvalue weighted by atomic mass is 9.96. The van der Waals surface area contributed by atoms with Crippen LogP contribution in [0.25, 0.3) is 5.13 Å². The van der Waals surface area contributed by atoms with Crippen molar-refractivity contribution in [1.29, 1.82) is 0 Å². The zero-order valence-electron chi connectivity index (χ0n) is 16.8. The second-order valence-corrected chi connectivity index (χ2v) is 8.68. The first-order valence-electron chi connectivity index (χ1n) is 10.4. The van der Waals surface area contributed by atoms with Gasteiger partial charge in [0.1, 0.15) is 5.82 Å². The van der Waals surface area contributed by atoms with E-state index in [4.69, 9.17) is 0 Å². The van der Waals surface area contributed by atoms with Gasteiger partial charge in [0.25, 0.3) is 0 Å². The van der Waals surface area contributed by atoms with E-state index in [0.29, 0.717) is 0 Å². The summed E-state index contributed by atoms with van der Waals surface area (Å²) < 4.78 is 1.97. The monoisotopic (exact) mass is 423 g/mol. The van der Waals surface area contributed by atoms with Crippen molar-refractivity contribution in [3.63, 3.8) is 0 Å². The molecule has 1 atom stereocenters. The van der Waals surface area contributed by atoms with Crippen molar-refractivity contribution < 1.29 is 4.79 Å². The maximum Gasteiger partial charge on any atom is 0.227 e. The summed E-state index contributed by atoms with van der Waals surface area (Å²) in [5, 5.41) is 10.4. The predicted octanol–water partition coefficient (Wildman–Crippen LogP) is 2.29. The van der Waals surface area contributed by atoms with Crippen molar-refractivity contribution in [3.8, 4) is 5.13 Å². The van der Waals surface area contributed by atoms with E-state index >= 15 is 0 Å². The lowest BCUT2D eigenvalue weighted by molar-refractivity contribution is -0.136. The van der Waals surface area contributed by atoms with Crippen LogP contribution in [0.1, 0.15) is 12.8 Å². The smallest absolute Gasteiger partial charge is 0.227 e. The SMILES string of the molecule is O=C([C@@H]1CCCN(c2nnc(-n3cccc3)s2)C1)N1CCN(c2ccccn2)CC1. The minimum Gasteiger partial charge on any atom is -0.353 e. The summed E-state index contributed by atoms with van der Waals surface area (Å²) in [6, 6.07) is 9.91. The molecule has 5 heterocycles. The molecule has 2 fully saturated rings. The molecular weight excluding hydrogens is 398 g/mol. The van der Waals surface area contributed by atoms with Crippen molar-refractivity contribution in [2.24, 2.45) is 5.92 Å².